The van der Waals surface area contributed by atoms with Gasteiger partial charge in [0.1, 0.15) is 17.3 Å². The molecule has 28 heavy (non-hydrogen) atoms. The average molecular weight is 382 g/mol. The van der Waals surface area contributed by atoms with Crippen molar-refractivity contribution in [1.29, 1.82) is 0 Å². The van der Waals surface area contributed by atoms with Crippen LogP contribution in [0.2, 0.25) is 0 Å². The lowest BCUT2D eigenvalue weighted by atomic mass is 10.3. The van der Waals surface area contributed by atoms with Crippen LogP contribution in [0.4, 0.5) is 11.5 Å². The summed E-state index contributed by atoms with van der Waals surface area (Å²) in [5.41, 5.74) is 1.27. The minimum absolute atomic E-state index is 0.346. The largest absolute Gasteiger partial charge is 0.496 e. The van der Waals surface area contributed by atoms with Gasteiger partial charge in [0.05, 0.1) is 39.1 Å². The van der Waals surface area contributed by atoms with E-state index in [1.807, 2.05) is 7.05 Å². The van der Waals surface area contributed by atoms with Crippen molar-refractivity contribution in [2.75, 3.05) is 26.6 Å². The van der Waals surface area contributed by atoms with E-state index in [2.05, 4.69) is 30.5 Å². The normalized spacial score (nSPS) is 10.9. The Morgan fingerprint density at radius 1 is 1.07 bits per heavy atom. The van der Waals surface area contributed by atoms with Crippen molar-refractivity contribution in [3.63, 3.8) is 0 Å². The van der Waals surface area contributed by atoms with Gasteiger partial charge >= 0.3 is 0 Å². The van der Waals surface area contributed by atoms with Gasteiger partial charge in [0.15, 0.2) is 5.65 Å². The van der Waals surface area contributed by atoms with Gasteiger partial charge in [0.25, 0.3) is 11.8 Å². The van der Waals surface area contributed by atoms with E-state index in [-0.39, 0.29) is 0 Å². The van der Waals surface area contributed by atoms with Crippen LogP contribution in [0.15, 0.2) is 30.7 Å². The molecule has 0 atom stereocenters. The number of ether oxygens (including phenoxy) is 3. The van der Waals surface area contributed by atoms with Gasteiger partial charge in [0, 0.05) is 25.4 Å². The molecule has 4 aromatic rings. The highest BCUT2D eigenvalue weighted by atomic mass is 16.5. The summed E-state index contributed by atoms with van der Waals surface area (Å²) in [6.45, 7) is 0. The van der Waals surface area contributed by atoms with E-state index in [9.17, 15) is 0 Å². The molecular weight excluding hydrogens is 364 g/mol. The molecule has 0 bridgehead atoms. The number of fused-ring (bicyclic) bond motifs is 1. The molecule has 0 aliphatic heterocycles. The van der Waals surface area contributed by atoms with Gasteiger partial charge in [-0.15, -0.1) is 5.10 Å². The SMILES string of the molecule is COc1ccnc(-n2cc(Nc3cc(OC)c4cnn(C)c4n3)c(OC)n2)n1. The summed E-state index contributed by atoms with van der Waals surface area (Å²) >= 11 is 0. The lowest BCUT2D eigenvalue weighted by molar-refractivity contribution is 0.390. The number of aryl methyl sites for hydroxylation is 1. The van der Waals surface area contributed by atoms with Crippen LogP contribution >= 0.6 is 0 Å². The Kier molecular flexibility index (Phi) is 4.39. The maximum Gasteiger partial charge on any atom is 0.257 e. The van der Waals surface area contributed by atoms with Crippen LogP contribution in [0.3, 0.4) is 0 Å². The fraction of sp³-hybridized carbons (Fsp3) is 0.235. The van der Waals surface area contributed by atoms with E-state index in [0.717, 1.165) is 5.39 Å². The number of pyridine rings is 1. The highest BCUT2D eigenvalue weighted by molar-refractivity contribution is 5.84. The van der Waals surface area contributed by atoms with E-state index in [1.165, 1.54) is 18.9 Å². The van der Waals surface area contributed by atoms with Crippen LogP contribution in [0.1, 0.15) is 0 Å². The fourth-order valence-electron chi connectivity index (χ4n) is 2.71. The highest BCUT2D eigenvalue weighted by Gasteiger charge is 2.16. The minimum Gasteiger partial charge on any atom is -0.496 e. The van der Waals surface area contributed by atoms with Crippen LogP contribution in [0, 0.1) is 0 Å². The average Bonchev–Trinajstić information content (AvgIpc) is 3.31. The van der Waals surface area contributed by atoms with Gasteiger partial charge in [-0.05, 0) is 0 Å². The Bertz CT molecular complexity index is 1140. The van der Waals surface area contributed by atoms with Gasteiger partial charge in [-0.3, -0.25) is 4.68 Å². The highest BCUT2D eigenvalue weighted by Crippen LogP contribution is 2.31. The van der Waals surface area contributed by atoms with Gasteiger partial charge in [-0.2, -0.15) is 10.1 Å². The molecule has 1 N–H and O–H groups in total. The van der Waals surface area contributed by atoms with Crippen molar-refractivity contribution in [3.8, 4) is 23.5 Å². The summed E-state index contributed by atoms with van der Waals surface area (Å²) in [7, 11) is 6.49. The van der Waals surface area contributed by atoms with Gasteiger partial charge in [-0.1, -0.05) is 0 Å². The standard InChI is InChI=1S/C17H18N8O3/c1-24-15-10(8-19-24)12(26-2)7-13(21-15)20-11-9-25(23-16(11)28-4)17-18-6-5-14(22-17)27-3/h5-9H,1-4H3,(H,20,21). The molecule has 4 heterocycles. The molecule has 0 aromatic carbocycles. The van der Waals surface area contributed by atoms with E-state index in [4.69, 9.17) is 14.2 Å². The molecule has 0 aliphatic rings. The number of anilines is 2. The van der Waals surface area contributed by atoms with Gasteiger partial charge in [-0.25, -0.2) is 14.6 Å². The zero-order chi connectivity index (χ0) is 19.7. The molecular formula is C17H18N8O3. The maximum atomic E-state index is 5.46. The number of hydrogen-bond acceptors (Lipinski definition) is 9. The molecule has 4 aromatic heterocycles. The molecule has 11 nitrogen and oxygen atoms in total. The van der Waals surface area contributed by atoms with Crippen molar-refractivity contribution in [2.45, 2.75) is 0 Å². The van der Waals surface area contributed by atoms with Crippen molar-refractivity contribution >= 4 is 22.5 Å². The number of rotatable bonds is 6. The molecule has 0 amide bonds. The lowest BCUT2D eigenvalue weighted by Crippen LogP contribution is -2.02. The predicted octanol–water partition coefficient (Wildman–Crippen LogP) is 1.71. The third kappa shape index (κ3) is 3.02. The number of nitrogens with one attached hydrogen (secondary N) is 1. The summed E-state index contributed by atoms with van der Waals surface area (Å²) in [5.74, 6) is 2.35. The lowest BCUT2D eigenvalue weighted by Gasteiger charge is -2.08. The zero-order valence-electron chi connectivity index (χ0n) is 15.7. The Morgan fingerprint density at radius 2 is 1.93 bits per heavy atom. The van der Waals surface area contributed by atoms with E-state index >= 15 is 0 Å². The number of aromatic nitrogens is 7. The summed E-state index contributed by atoms with van der Waals surface area (Å²) in [4.78, 5) is 13.1. The molecule has 4 rings (SSSR count). The second-order valence-corrected chi connectivity index (χ2v) is 5.74. The third-order valence-corrected chi connectivity index (χ3v) is 4.05. The molecule has 0 radical (unpaired) electrons. The Hall–Kier alpha value is -3.89. The summed E-state index contributed by atoms with van der Waals surface area (Å²) < 4.78 is 19.1. The number of hydrogen-bond donors (Lipinski definition) is 1. The molecule has 0 saturated carbocycles. The second-order valence-electron chi connectivity index (χ2n) is 5.74. The fourth-order valence-corrected chi connectivity index (χ4v) is 2.71. The van der Waals surface area contributed by atoms with Crippen LogP contribution in [-0.2, 0) is 7.05 Å². The quantitative estimate of drug-likeness (QED) is 0.532. The monoisotopic (exact) mass is 382 g/mol. The maximum absolute atomic E-state index is 5.46. The molecule has 0 fully saturated rings. The van der Waals surface area contributed by atoms with Crippen molar-refractivity contribution in [3.05, 3.63) is 30.7 Å². The Labute approximate surface area is 159 Å². The van der Waals surface area contributed by atoms with E-state index in [0.29, 0.717) is 40.6 Å². The van der Waals surface area contributed by atoms with Crippen LogP contribution in [0.25, 0.3) is 17.0 Å². The number of methoxy groups -OCH3 is 3. The molecule has 11 heteroatoms. The van der Waals surface area contributed by atoms with Gasteiger partial charge < -0.3 is 19.5 Å². The molecule has 0 unspecified atom stereocenters. The van der Waals surface area contributed by atoms with E-state index < -0.39 is 0 Å². The minimum atomic E-state index is 0.346. The first-order chi connectivity index (χ1) is 13.6. The molecule has 0 saturated heterocycles. The van der Waals surface area contributed by atoms with Crippen molar-refractivity contribution in [1.82, 2.24) is 34.5 Å². The topological polar surface area (TPSA) is 114 Å². The van der Waals surface area contributed by atoms with Crippen molar-refractivity contribution < 1.29 is 14.2 Å². The molecule has 144 valence electrons. The Balaban J connectivity index is 1.73. The summed E-state index contributed by atoms with van der Waals surface area (Å²) in [5, 5.41) is 12.6. The molecule has 0 aliphatic carbocycles. The van der Waals surface area contributed by atoms with Crippen LogP contribution in [0.5, 0.6) is 17.5 Å². The third-order valence-electron chi connectivity index (χ3n) is 4.05. The van der Waals surface area contributed by atoms with Gasteiger partial charge in [0.2, 0.25) is 5.88 Å². The predicted molar refractivity (Wildman–Crippen MR) is 101 cm³/mol. The first-order valence-electron chi connectivity index (χ1n) is 8.27. The van der Waals surface area contributed by atoms with Crippen LogP contribution < -0.4 is 19.5 Å². The summed E-state index contributed by atoms with van der Waals surface area (Å²) in [6.07, 6.45) is 5.00. The second kappa shape index (κ2) is 7.02. The summed E-state index contributed by atoms with van der Waals surface area (Å²) in [6, 6.07) is 3.44. The smallest absolute Gasteiger partial charge is 0.257 e. The zero-order valence-corrected chi connectivity index (χ0v) is 15.7. The first-order valence-corrected chi connectivity index (χ1v) is 8.27. The van der Waals surface area contributed by atoms with Crippen molar-refractivity contribution in [2.24, 2.45) is 7.05 Å². The van der Waals surface area contributed by atoms with Crippen LogP contribution in [-0.4, -0.2) is 55.8 Å². The Morgan fingerprint density at radius 3 is 2.68 bits per heavy atom. The number of nitrogens with zero attached hydrogens (tertiary/aromatic N) is 7. The van der Waals surface area contributed by atoms with E-state index in [1.54, 1.807) is 42.5 Å². The molecule has 0 spiro atoms. The first kappa shape index (κ1) is 17.5.